The van der Waals surface area contributed by atoms with Crippen LogP contribution in [0.15, 0.2) is 0 Å². The molecule has 1 nitrogen and oxygen atoms in total. The minimum absolute atomic E-state index is 0.427. The van der Waals surface area contributed by atoms with E-state index in [9.17, 15) is 0 Å². The fourth-order valence-electron chi connectivity index (χ4n) is 2.10. The van der Waals surface area contributed by atoms with Crippen LogP contribution >= 0.6 is 0 Å². The highest BCUT2D eigenvalue weighted by Crippen LogP contribution is 2.34. The second kappa shape index (κ2) is 6.42. The lowest BCUT2D eigenvalue weighted by atomic mass is 9.74. The van der Waals surface area contributed by atoms with Gasteiger partial charge in [0.2, 0.25) is 0 Å². The summed E-state index contributed by atoms with van der Waals surface area (Å²) < 4.78 is 0. The fraction of sp³-hybridized carbons (Fsp3) is 1.00. The summed E-state index contributed by atoms with van der Waals surface area (Å²) in [7, 11) is 0. The third-order valence-corrected chi connectivity index (χ3v) is 3.81. The van der Waals surface area contributed by atoms with Crippen LogP contribution in [0.2, 0.25) is 0 Å². The van der Waals surface area contributed by atoms with Crippen molar-refractivity contribution in [2.24, 2.45) is 17.1 Å². The fourth-order valence-corrected chi connectivity index (χ4v) is 2.10. The average molecular weight is 185 g/mol. The SMILES string of the molecule is CCC(CC)CC(CC)(CC)CN. The van der Waals surface area contributed by atoms with Gasteiger partial charge in [0.1, 0.15) is 0 Å². The first-order valence-electron chi connectivity index (χ1n) is 5.88. The first-order chi connectivity index (χ1) is 6.17. The van der Waals surface area contributed by atoms with Crippen molar-refractivity contribution >= 4 is 0 Å². The summed E-state index contributed by atoms with van der Waals surface area (Å²) in [5.41, 5.74) is 6.31. The van der Waals surface area contributed by atoms with Gasteiger partial charge in [-0.15, -0.1) is 0 Å². The zero-order valence-corrected chi connectivity index (χ0v) is 9.90. The van der Waals surface area contributed by atoms with Crippen molar-refractivity contribution in [2.75, 3.05) is 6.54 Å². The molecule has 0 aromatic heterocycles. The van der Waals surface area contributed by atoms with Crippen LogP contribution in [0.3, 0.4) is 0 Å². The Balaban J connectivity index is 4.21. The summed E-state index contributed by atoms with van der Waals surface area (Å²) in [6.07, 6.45) is 6.40. The summed E-state index contributed by atoms with van der Waals surface area (Å²) in [5, 5.41) is 0. The minimum atomic E-state index is 0.427. The molecule has 0 aliphatic heterocycles. The molecule has 0 rings (SSSR count). The molecule has 0 unspecified atom stereocenters. The maximum Gasteiger partial charge on any atom is -0.00206 e. The molecule has 0 aliphatic carbocycles. The van der Waals surface area contributed by atoms with Gasteiger partial charge in [0.15, 0.2) is 0 Å². The molecule has 0 aromatic rings. The van der Waals surface area contributed by atoms with Crippen LogP contribution in [0, 0.1) is 11.3 Å². The van der Waals surface area contributed by atoms with E-state index in [0.717, 1.165) is 12.5 Å². The molecule has 0 aromatic carbocycles. The third kappa shape index (κ3) is 3.68. The molecule has 80 valence electrons. The van der Waals surface area contributed by atoms with Gasteiger partial charge in [-0.3, -0.25) is 0 Å². The monoisotopic (exact) mass is 185 g/mol. The molecule has 0 atom stereocenters. The summed E-state index contributed by atoms with van der Waals surface area (Å²) in [4.78, 5) is 0. The van der Waals surface area contributed by atoms with Crippen LogP contribution in [0.5, 0.6) is 0 Å². The van der Waals surface area contributed by atoms with Gasteiger partial charge in [0, 0.05) is 0 Å². The second-order valence-electron chi connectivity index (χ2n) is 4.30. The predicted octanol–water partition coefficient (Wildman–Crippen LogP) is 3.58. The van der Waals surface area contributed by atoms with Gasteiger partial charge >= 0.3 is 0 Å². The molecule has 2 N–H and O–H groups in total. The van der Waals surface area contributed by atoms with E-state index in [0.29, 0.717) is 5.41 Å². The lowest BCUT2D eigenvalue weighted by molar-refractivity contribution is 0.197. The van der Waals surface area contributed by atoms with E-state index in [4.69, 9.17) is 5.73 Å². The van der Waals surface area contributed by atoms with Crippen molar-refractivity contribution in [3.63, 3.8) is 0 Å². The van der Waals surface area contributed by atoms with Crippen LogP contribution in [0.1, 0.15) is 59.8 Å². The van der Waals surface area contributed by atoms with Crippen molar-refractivity contribution in [2.45, 2.75) is 59.8 Å². The van der Waals surface area contributed by atoms with E-state index in [1.54, 1.807) is 0 Å². The van der Waals surface area contributed by atoms with Crippen LogP contribution in [-0.4, -0.2) is 6.54 Å². The van der Waals surface area contributed by atoms with Crippen molar-refractivity contribution in [3.8, 4) is 0 Å². The van der Waals surface area contributed by atoms with Crippen LogP contribution in [0.4, 0.5) is 0 Å². The van der Waals surface area contributed by atoms with Gasteiger partial charge in [0.05, 0.1) is 0 Å². The zero-order chi connectivity index (χ0) is 10.3. The zero-order valence-electron chi connectivity index (χ0n) is 9.90. The molecule has 0 bridgehead atoms. The molecule has 0 fully saturated rings. The standard InChI is InChI=1S/C12H27N/c1-5-11(6-2)9-12(7-3,8-4)10-13/h11H,5-10,13H2,1-4H3. The maximum absolute atomic E-state index is 5.89. The third-order valence-electron chi connectivity index (χ3n) is 3.81. The topological polar surface area (TPSA) is 26.0 Å². The normalized spacial score (nSPS) is 12.5. The molecule has 0 spiro atoms. The quantitative estimate of drug-likeness (QED) is 0.644. The van der Waals surface area contributed by atoms with E-state index in [1.807, 2.05) is 0 Å². The highest BCUT2D eigenvalue weighted by Gasteiger charge is 2.26. The number of nitrogens with two attached hydrogens (primary N) is 1. The Morgan fingerprint density at radius 1 is 1.00 bits per heavy atom. The number of rotatable bonds is 7. The van der Waals surface area contributed by atoms with Gasteiger partial charge < -0.3 is 5.73 Å². The van der Waals surface area contributed by atoms with Gasteiger partial charge in [-0.05, 0) is 37.1 Å². The minimum Gasteiger partial charge on any atom is -0.330 e. The van der Waals surface area contributed by atoms with E-state index < -0.39 is 0 Å². The first-order valence-corrected chi connectivity index (χ1v) is 5.88. The molecular weight excluding hydrogens is 158 g/mol. The molecule has 0 aliphatic rings. The van der Waals surface area contributed by atoms with E-state index in [1.165, 1.54) is 32.1 Å². The highest BCUT2D eigenvalue weighted by atomic mass is 14.6. The molecule has 0 amide bonds. The Bertz CT molecular complexity index is 104. The highest BCUT2D eigenvalue weighted by molar-refractivity contribution is 4.80. The van der Waals surface area contributed by atoms with Gasteiger partial charge in [-0.25, -0.2) is 0 Å². The Kier molecular flexibility index (Phi) is 6.40. The Morgan fingerprint density at radius 2 is 1.46 bits per heavy atom. The summed E-state index contributed by atoms with van der Waals surface area (Å²) in [5.74, 6) is 0.878. The lowest BCUT2D eigenvalue weighted by Gasteiger charge is -2.33. The molecule has 1 heteroatoms. The lowest BCUT2D eigenvalue weighted by Crippen LogP contribution is -2.31. The first kappa shape index (κ1) is 13.0. The summed E-state index contributed by atoms with van der Waals surface area (Å²) in [6, 6.07) is 0. The number of hydrogen-bond acceptors (Lipinski definition) is 1. The van der Waals surface area contributed by atoms with Crippen molar-refractivity contribution in [1.29, 1.82) is 0 Å². The predicted molar refractivity (Wildman–Crippen MR) is 60.8 cm³/mol. The molecule has 0 saturated carbocycles. The van der Waals surface area contributed by atoms with Crippen LogP contribution in [-0.2, 0) is 0 Å². The van der Waals surface area contributed by atoms with Crippen molar-refractivity contribution in [1.82, 2.24) is 0 Å². The van der Waals surface area contributed by atoms with Crippen molar-refractivity contribution < 1.29 is 0 Å². The molecule has 0 saturated heterocycles. The van der Waals surface area contributed by atoms with Crippen LogP contribution < -0.4 is 5.73 Å². The molecule has 0 radical (unpaired) electrons. The Labute approximate surface area is 84.1 Å². The van der Waals surface area contributed by atoms with Gasteiger partial charge in [-0.1, -0.05) is 40.5 Å². The number of hydrogen-bond donors (Lipinski definition) is 1. The molecule has 13 heavy (non-hydrogen) atoms. The molecule has 0 heterocycles. The smallest absolute Gasteiger partial charge is 0.00206 e. The van der Waals surface area contributed by atoms with Crippen LogP contribution in [0.25, 0.3) is 0 Å². The second-order valence-corrected chi connectivity index (χ2v) is 4.30. The van der Waals surface area contributed by atoms with E-state index in [2.05, 4.69) is 27.7 Å². The largest absolute Gasteiger partial charge is 0.330 e. The van der Waals surface area contributed by atoms with Gasteiger partial charge in [0.25, 0.3) is 0 Å². The maximum atomic E-state index is 5.89. The van der Waals surface area contributed by atoms with E-state index >= 15 is 0 Å². The Hall–Kier alpha value is -0.0400. The summed E-state index contributed by atoms with van der Waals surface area (Å²) in [6.45, 7) is 10.00. The Morgan fingerprint density at radius 3 is 1.69 bits per heavy atom. The van der Waals surface area contributed by atoms with Crippen molar-refractivity contribution in [3.05, 3.63) is 0 Å². The van der Waals surface area contributed by atoms with E-state index in [-0.39, 0.29) is 0 Å². The summed E-state index contributed by atoms with van der Waals surface area (Å²) >= 11 is 0. The molecular formula is C12H27N. The average Bonchev–Trinajstić information content (AvgIpc) is 2.21. The van der Waals surface area contributed by atoms with Gasteiger partial charge in [-0.2, -0.15) is 0 Å².